The topological polar surface area (TPSA) is 71.4 Å². The summed E-state index contributed by atoms with van der Waals surface area (Å²) in [6.07, 6.45) is 3.72. The minimum absolute atomic E-state index is 0.313. The molecular weight excluding hydrogens is 410 g/mol. The molecule has 0 spiro atoms. The molecule has 1 aliphatic rings. The molecule has 0 saturated carbocycles. The summed E-state index contributed by atoms with van der Waals surface area (Å²) >= 11 is 0.866. The Morgan fingerprint density at radius 2 is 1.77 bits per heavy atom. The molecule has 1 aliphatic heterocycles. The van der Waals surface area contributed by atoms with E-state index in [4.69, 9.17) is 0 Å². The van der Waals surface area contributed by atoms with Gasteiger partial charge in [-0.3, -0.25) is 19.3 Å². The monoisotopic (exact) mass is 433 g/mol. The lowest BCUT2D eigenvalue weighted by Crippen LogP contribution is -2.36. The summed E-state index contributed by atoms with van der Waals surface area (Å²) in [6.45, 7) is 6.34. The molecule has 2 heterocycles. The highest BCUT2D eigenvalue weighted by molar-refractivity contribution is 8.18. The predicted octanol–water partition coefficient (Wildman–Crippen LogP) is 4.95. The van der Waals surface area contributed by atoms with E-state index >= 15 is 0 Å². The van der Waals surface area contributed by atoms with Gasteiger partial charge in [0.05, 0.1) is 4.91 Å². The van der Waals surface area contributed by atoms with Crippen molar-refractivity contribution < 1.29 is 14.4 Å². The fourth-order valence-electron chi connectivity index (χ4n) is 3.76. The zero-order chi connectivity index (χ0) is 22.1. The number of imide groups is 1. The Morgan fingerprint density at radius 3 is 2.48 bits per heavy atom. The Morgan fingerprint density at radius 1 is 1.06 bits per heavy atom. The lowest BCUT2D eigenvalue weighted by molar-refractivity contribution is -0.127. The van der Waals surface area contributed by atoms with Crippen molar-refractivity contribution in [1.29, 1.82) is 0 Å². The number of carbonyl (C=O) groups is 3. The van der Waals surface area contributed by atoms with Crippen LogP contribution in [0.25, 0.3) is 17.0 Å². The maximum absolute atomic E-state index is 12.9. The summed E-state index contributed by atoms with van der Waals surface area (Å²) in [5.74, 6) is -0.844. The van der Waals surface area contributed by atoms with Gasteiger partial charge in [0.25, 0.3) is 11.1 Å². The fourth-order valence-corrected chi connectivity index (χ4v) is 4.59. The van der Waals surface area contributed by atoms with E-state index in [2.05, 4.69) is 16.8 Å². The van der Waals surface area contributed by atoms with Crippen molar-refractivity contribution in [3.63, 3.8) is 0 Å². The van der Waals surface area contributed by atoms with Crippen molar-refractivity contribution in [1.82, 2.24) is 9.47 Å². The molecular formula is C24H23N3O3S. The molecule has 3 amide bonds. The van der Waals surface area contributed by atoms with Gasteiger partial charge in [-0.15, -0.1) is 0 Å². The summed E-state index contributed by atoms with van der Waals surface area (Å²) < 4.78 is 2.10. The Balaban J connectivity index is 1.55. The summed E-state index contributed by atoms with van der Waals surface area (Å²) in [4.78, 5) is 39.2. The maximum Gasteiger partial charge on any atom is 0.294 e. The van der Waals surface area contributed by atoms with Crippen molar-refractivity contribution in [3.8, 4) is 0 Å². The molecule has 0 aliphatic carbocycles. The van der Waals surface area contributed by atoms with Gasteiger partial charge in [-0.25, -0.2) is 0 Å². The fraction of sp³-hybridized carbons (Fsp3) is 0.208. The van der Waals surface area contributed by atoms with E-state index in [0.29, 0.717) is 10.6 Å². The second-order valence-corrected chi connectivity index (χ2v) is 8.46. The molecule has 1 N–H and O–H groups in total. The van der Waals surface area contributed by atoms with E-state index in [1.807, 2.05) is 62.5 Å². The number of carbonyl (C=O) groups excluding carboxylic acids is 3. The van der Waals surface area contributed by atoms with E-state index in [0.717, 1.165) is 50.8 Å². The van der Waals surface area contributed by atoms with Gasteiger partial charge in [0.15, 0.2) is 0 Å². The first-order chi connectivity index (χ1) is 14.9. The van der Waals surface area contributed by atoms with Crippen LogP contribution in [0.2, 0.25) is 0 Å². The summed E-state index contributed by atoms with van der Waals surface area (Å²) in [6, 6.07) is 13.7. The van der Waals surface area contributed by atoms with Crippen LogP contribution in [-0.4, -0.2) is 33.1 Å². The van der Waals surface area contributed by atoms with Crippen molar-refractivity contribution in [2.75, 3.05) is 11.9 Å². The molecule has 0 bridgehead atoms. The number of benzene rings is 2. The Kier molecular flexibility index (Phi) is 5.69. The third kappa shape index (κ3) is 4.01. The molecule has 6 nitrogen and oxygen atoms in total. The molecule has 0 atom stereocenters. The standard InChI is InChI=1S/C24H23N3O3S/c1-4-26-13-17(18-10-5-6-11-19(18)26)12-20-23(29)27(24(30)31-20)14-21(28)25-22-15(2)8-7-9-16(22)3/h5-13H,4,14H2,1-3H3,(H,25,28)/b20-12+. The SMILES string of the molecule is CCn1cc(/C=C2/SC(=O)N(CC(=O)Nc3c(C)cccc3C)C2=O)c2ccccc21. The number of aryl methyl sites for hydroxylation is 3. The van der Waals surface area contributed by atoms with Crippen LogP contribution in [-0.2, 0) is 16.1 Å². The first-order valence-electron chi connectivity index (χ1n) is 10.1. The van der Waals surface area contributed by atoms with Gasteiger partial charge in [-0.05, 0) is 55.8 Å². The van der Waals surface area contributed by atoms with Crippen molar-refractivity contribution in [2.24, 2.45) is 0 Å². The quantitative estimate of drug-likeness (QED) is 0.578. The normalized spacial score (nSPS) is 15.3. The minimum atomic E-state index is -0.444. The van der Waals surface area contributed by atoms with Crippen molar-refractivity contribution in [3.05, 3.63) is 70.3 Å². The molecule has 1 saturated heterocycles. The lowest BCUT2D eigenvalue weighted by atomic mass is 10.1. The first-order valence-corrected chi connectivity index (χ1v) is 10.9. The van der Waals surface area contributed by atoms with Crippen LogP contribution in [0.5, 0.6) is 0 Å². The Hall–Kier alpha value is -3.32. The van der Waals surface area contributed by atoms with E-state index in [9.17, 15) is 14.4 Å². The van der Waals surface area contributed by atoms with Crippen LogP contribution in [0.1, 0.15) is 23.6 Å². The van der Waals surface area contributed by atoms with Gasteiger partial charge in [0.2, 0.25) is 5.91 Å². The summed E-state index contributed by atoms with van der Waals surface area (Å²) in [5.41, 5.74) is 4.51. The predicted molar refractivity (Wildman–Crippen MR) is 125 cm³/mol. The lowest BCUT2D eigenvalue weighted by Gasteiger charge is -2.15. The number of rotatable bonds is 5. The number of amides is 3. The van der Waals surface area contributed by atoms with E-state index in [-0.39, 0.29) is 6.54 Å². The van der Waals surface area contributed by atoms with Crippen LogP contribution < -0.4 is 5.32 Å². The molecule has 4 rings (SSSR count). The van der Waals surface area contributed by atoms with Crippen molar-refractivity contribution >= 4 is 51.5 Å². The highest BCUT2D eigenvalue weighted by Crippen LogP contribution is 2.34. The molecule has 1 aromatic heterocycles. The second kappa shape index (κ2) is 8.43. The molecule has 31 heavy (non-hydrogen) atoms. The minimum Gasteiger partial charge on any atom is -0.347 e. The number of fused-ring (bicyclic) bond motifs is 1. The van der Waals surface area contributed by atoms with Gasteiger partial charge < -0.3 is 9.88 Å². The number of para-hydroxylation sites is 2. The van der Waals surface area contributed by atoms with Gasteiger partial charge in [-0.1, -0.05) is 36.4 Å². The van der Waals surface area contributed by atoms with E-state index in [1.165, 1.54) is 0 Å². The van der Waals surface area contributed by atoms with Crippen LogP contribution in [0.4, 0.5) is 10.5 Å². The molecule has 0 unspecified atom stereocenters. The first kappa shape index (κ1) is 20.9. The van der Waals surface area contributed by atoms with Gasteiger partial charge in [-0.2, -0.15) is 0 Å². The zero-order valence-electron chi connectivity index (χ0n) is 17.6. The zero-order valence-corrected chi connectivity index (χ0v) is 18.5. The van der Waals surface area contributed by atoms with Gasteiger partial charge in [0.1, 0.15) is 6.54 Å². The smallest absolute Gasteiger partial charge is 0.294 e. The summed E-state index contributed by atoms with van der Waals surface area (Å²) in [5, 5.41) is 3.41. The second-order valence-electron chi connectivity index (χ2n) is 7.47. The van der Waals surface area contributed by atoms with Crippen LogP contribution in [0.15, 0.2) is 53.6 Å². The largest absolute Gasteiger partial charge is 0.347 e. The highest BCUT2D eigenvalue weighted by atomic mass is 32.2. The highest BCUT2D eigenvalue weighted by Gasteiger charge is 2.36. The molecule has 0 radical (unpaired) electrons. The third-order valence-corrected chi connectivity index (χ3v) is 6.27. The number of hydrogen-bond donors (Lipinski definition) is 1. The molecule has 2 aromatic carbocycles. The summed E-state index contributed by atoms with van der Waals surface area (Å²) in [7, 11) is 0. The number of thioether (sulfide) groups is 1. The Labute approximate surface area is 184 Å². The van der Waals surface area contributed by atoms with Crippen LogP contribution >= 0.6 is 11.8 Å². The average molecular weight is 434 g/mol. The Bertz CT molecular complexity index is 1220. The van der Waals surface area contributed by atoms with E-state index < -0.39 is 17.1 Å². The number of hydrogen-bond acceptors (Lipinski definition) is 4. The van der Waals surface area contributed by atoms with Crippen molar-refractivity contribution in [2.45, 2.75) is 27.3 Å². The molecule has 3 aromatic rings. The van der Waals surface area contributed by atoms with Gasteiger partial charge >= 0.3 is 0 Å². The number of nitrogens with zero attached hydrogens (tertiary/aromatic N) is 2. The molecule has 7 heteroatoms. The molecule has 158 valence electrons. The van der Waals surface area contributed by atoms with Gasteiger partial charge in [0, 0.05) is 34.9 Å². The van der Waals surface area contributed by atoms with Crippen LogP contribution in [0.3, 0.4) is 0 Å². The molecule has 1 fully saturated rings. The number of aromatic nitrogens is 1. The average Bonchev–Trinajstić information content (AvgIpc) is 3.23. The third-order valence-electron chi connectivity index (χ3n) is 5.37. The van der Waals surface area contributed by atoms with E-state index in [1.54, 1.807) is 6.08 Å². The number of nitrogens with one attached hydrogen (secondary N) is 1. The maximum atomic E-state index is 12.9. The number of anilines is 1. The van der Waals surface area contributed by atoms with Crippen LogP contribution in [0, 0.1) is 13.8 Å².